The molecule has 2 heterocycles. The predicted octanol–water partition coefficient (Wildman–Crippen LogP) is 4.16. The van der Waals surface area contributed by atoms with Crippen LogP contribution < -0.4 is 14.8 Å². The highest BCUT2D eigenvalue weighted by Gasteiger charge is 2.17. The standard InChI is InChI=1S/C20H20ClN3O5S2/c1-28-13-3-12-22-19(25)16-4-2-11-23-20(16)29-15-7-5-14(6-8-15)24-31(26,27)18-10-9-17(21)30-18/h2,4-11,24H,3,12-13H2,1H3,(H,22,25). The van der Waals surface area contributed by atoms with Crippen molar-refractivity contribution in [3.8, 4) is 11.6 Å². The number of halogens is 1. The second kappa shape index (κ2) is 10.6. The molecule has 0 fully saturated rings. The van der Waals surface area contributed by atoms with Crippen LogP contribution in [0.5, 0.6) is 11.6 Å². The van der Waals surface area contributed by atoms with Crippen LogP contribution in [0.3, 0.4) is 0 Å². The third-order valence-corrected chi connectivity index (χ3v) is 7.07. The third kappa shape index (κ3) is 6.41. The molecular formula is C20H20ClN3O5S2. The second-order valence-corrected chi connectivity index (χ2v) is 9.87. The normalized spacial score (nSPS) is 11.2. The molecule has 11 heteroatoms. The summed E-state index contributed by atoms with van der Waals surface area (Å²) < 4.78 is 38.5. The molecule has 8 nitrogen and oxygen atoms in total. The van der Waals surface area contributed by atoms with Gasteiger partial charge in [0.25, 0.3) is 15.9 Å². The Morgan fingerprint density at radius 1 is 1.16 bits per heavy atom. The fourth-order valence-electron chi connectivity index (χ4n) is 2.51. The molecule has 164 valence electrons. The second-order valence-electron chi connectivity index (χ2n) is 6.25. The van der Waals surface area contributed by atoms with Crippen LogP contribution in [0, 0.1) is 0 Å². The largest absolute Gasteiger partial charge is 0.438 e. The maximum absolute atomic E-state index is 12.4. The molecule has 0 aliphatic heterocycles. The fraction of sp³-hybridized carbons (Fsp3) is 0.200. The van der Waals surface area contributed by atoms with Gasteiger partial charge in [-0.15, -0.1) is 11.3 Å². The number of anilines is 1. The van der Waals surface area contributed by atoms with Crippen molar-refractivity contribution in [1.29, 1.82) is 0 Å². The Bertz CT molecular complexity index is 1130. The van der Waals surface area contributed by atoms with Crippen molar-refractivity contribution >= 4 is 44.6 Å². The number of thiophene rings is 1. The average molecular weight is 482 g/mol. The lowest BCUT2D eigenvalue weighted by atomic mass is 10.2. The minimum Gasteiger partial charge on any atom is -0.438 e. The van der Waals surface area contributed by atoms with Crippen LogP contribution in [-0.4, -0.2) is 39.6 Å². The molecule has 0 spiro atoms. The van der Waals surface area contributed by atoms with Crippen LogP contribution in [-0.2, 0) is 14.8 Å². The summed E-state index contributed by atoms with van der Waals surface area (Å²) in [6, 6.07) is 12.5. The summed E-state index contributed by atoms with van der Waals surface area (Å²) in [5.41, 5.74) is 0.647. The molecule has 2 N–H and O–H groups in total. The molecule has 1 aromatic carbocycles. The molecule has 0 atom stereocenters. The van der Waals surface area contributed by atoms with Crippen LogP contribution in [0.1, 0.15) is 16.8 Å². The van der Waals surface area contributed by atoms with Gasteiger partial charge in [0, 0.05) is 32.1 Å². The number of pyridine rings is 1. The molecule has 0 saturated heterocycles. The molecule has 0 aliphatic rings. The molecule has 0 aliphatic carbocycles. The zero-order valence-electron chi connectivity index (χ0n) is 16.5. The van der Waals surface area contributed by atoms with E-state index in [2.05, 4.69) is 15.0 Å². The minimum atomic E-state index is -3.73. The van der Waals surface area contributed by atoms with Gasteiger partial charge in [0.05, 0.1) is 4.34 Å². The first-order valence-corrected chi connectivity index (χ1v) is 11.8. The number of amides is 1. The Labute approximate surface area is 189 Å². The first-order valence-electron chi connectivity index (χ1n) is 9.17. The van der Waals surface area contributed by atoms with E-state index in [0.717, 1.165) is 11.3 Å². The van der Waals surface area contributed by atoms with E-state index in [4.69, 9.17) is 21.1 Å². The lowest BCUT2D eigenvalue weighted by Gasteiger charge is -2.11. The smallest absolute Gasteiger partial charge is 0.271 e. The highest BCUT2D eigenvalue weighted by atomic mass is 35.5. The summed E-state index contributed by atoms with van der Waals surface area (Å²) in [7, 11) is -2.13. The SMILES string of the molecule is COCCCNC(=O)c1cccnc1Oc1ccc(NS(=O)(=O)c2ccc(Cl)s2)cc1. The molecule has 0 saturated carbocycles. The molecule has 0 unspecified atom stereocenters. The van der Waals surface area contributed by atoms with Crippen LogP contribution in [0.2, 0.25) is 4.34 Å². The molecule has 0 bridgehead atoms. The van der Waals surface area contributed by atoms with E-state index in [1.807, 2.05) is 0 Å². The van der Waals surface area contributed by atoms with Crippen LogP contribution in [0.4, 0.5) is 5.69 Å². The number of carbonyl (C=O) groups excluding carboxylic acids is 1. The van der Waals surface area contributed by atoms with E-state index in [0.29, 0.717) is 40.9 Å². The van der Waals surface area contributed by atoms with Crippen molar-refractivity contribution in [2.75, 3.05) is 25.0 Å². The van der Waals surface area contributed by atoms with Crippen molar-refractivity contribution in [2.24, 2.45) is 0 Å². The van der Waals surface area contributed by atoms with Crippen molar-refractivity contribution in [2.45, 2.75) is 10.6 Å². The van der Waals surface area contributed by atoms with Crippen LogP contribution in [0.15, 0.2) is 58.9 Å². The van der Waals surface area contributed by atoms with Gasteiger partial charge in [-0.05, 0) is 55.0 Å². The van der Waals surface area contributed by atoms with Crippen LogP contribution in [0.25, 0.3) is 0 Å². The molecule has 2 aromatic heterocycles. The number of nitrogens with zero attached hydrogens (tertiary/aromatic N) is 1. The number of methoxy groups -OCH3 is 1. The maximum Gasteiger partial charge on any atom is 0.271 e. The predicted molar refractivity (Wildman–Crippen MR) is 120 cm³/mol. The number of nitrogens with one attached hydrogen (secondary N) is 2. The van der Waals surface area contributed by atoms with E-state index in [-0.39, 0.29) is 16.0 Å². The quantitative estimate of drug-likeness (QED) is 0.421. The Hall–Kier alpha value is -2.66. The van der Waals surface area contributed by atoms with E-state index in [9.17, 15) is 13.2 Å². The van der Waals surface area contributed by atoms with Crippen molar-refractivity contribution in [3.63, 3.8) is 0 Å². The Kier molecular flexibility index (Phi) is 7.85. The molecule has 0 radical (unpaired) electrons. The number of sulfonamides is 1. The van der Waals surface area contributed by atoms with Gasteiger partial charge < -0.3 is 14.8 Å². The van der Waals surface area contributed by atoms with E-state index >= 15 is 0 Å². The summed E-state index contributed by atoms with van der Waals surface area (Å²) in [5.74, 6) is 0.237. The highest BCUT2D eigenvalue weighted by molar-refractivity contribution is 7.94. The minimum absolute atomic E-state index is 0.118. The highest BCUT2D eigenvalue weighted by Crippen LogP contribution is 2.28. The van der Waals surface area contributed by atoms with Crippen molar-refractivity contribution in [1.82, 2.24) is 10.3 Å². The van der Waals surface area contributed by atoms with Crippen molar-refractivity contribution in [3.05, 3.63) is 64.6 Å². The Morgan fingerprint density at radius 2 is 1.94 bits per heavy atom. The Morgan fingerprint density at radius 3 is 2.61 bits per heavy atom. The molecule has 1 amide bonds. The zero-order chi connectivity index (χ0) is 22.3. The van der Waals surface area contributed by atoms with Gasteiger partial charge in [0.2, 0.25) is 5.88 Å². The van der Waals surface area contributed by atoms with Gasteiger partial charge in [0.15, 0.2) is 0 Å². The van der Waals surface area contributed by atoms with Gasteiger partial charge in [-0.25, -0.2) is 13.4 Å². The summed E-state index contributed by atoms with van der Waals surface area (Å²) in [6.45, 7) is 1.01. The van der Waals surface area contributed by atoms with Gasteiger partial charge in [0.1, 0.15) is 15.5 Å². The number of aromatic nitrogens is 1. The lowest BCUT2D eigenvalue weighted by molar-refractivity contribution is 0.0945. The van der Waals surface area contributed by atoms with E-state index in [1.165, 1.54) is 18.3 Å². The third-order valence-electron chi connectivity index (χ3n) is 3.96. The molecular weight excluding hydrogens is 462 g/mol. The summed E-state index contributed by atoms with van der Waals surface area (Å²) in [6.07, 6.45) is 2.21. The van der Waals surface area contributed by atoms with Gasteiger partial charge in [-0.3, -0.25) is 9.52 Å². The number of carbonyl (C=O) groups is 1. The summed E-state index contributed by atoms with van der Waals surface area (Å²) in [5, 5.41) is 2.79. The number of rotatable bonds is 10. The van der Waals surface area contributed by atoms with Gasteiger partial charge >= 0.3 is 0 Å². The topological polar surface area (TPSA) is 107 Å². The first kappa shape index (κ1) is 23.0. The fourth-order valence-corrected chi connectivity index (χ4v) is 5.05. The van der Waals surface area contributed by atoms with Gasteiger partial charge in [-0.1, -0.05) is 11.6 Å². The molecule has 3 aromatic rings. The van der Waals surface area contributed by atoms with Crippen molar-refractivity contribution < 1.29 is 22.7 Å². The number of hydrogen-bond acceptors (Lipinski definition) is 7. The van der Waals surface area contributed by atoms with E-state index in [1.54, 1.807) is 43.5 Å². The molecule has 3 rings (SSSR count). The van der Waals surface area contributed by atoms with Crippen LogP contribution >= 0.6 is 22.9 Å². The summed E-state index contributed by atoms with van der Waals surface area (Å²) in [4.78, 5) is 16.5. The zero-order valence-corrected chi connectivity index (χ0v) is 18.9. The lowest BCUT2D eigenvalue weighted by Crippen LogP contribution is -2.25. The van der Waals surface area contributed by atoms with E-state index < -0.39 is 10.0 Å². The average Bonchev–Trinajstić information content (AvgIpc) is 3.20. The number of ether oxygens (including phenoxy) is 2. The first-order chi connectivity index (χ1) is 14.9. The maximum atomic E-state index is 12.4. The monoisotopic (exact) mass is 481 g/mol. The number of hydrogen-bond donors (Lipinski definition) is 2. The number of benzene rings is 1. The Balaban J connectivity index is 1.67. The van der Waals surface area contributed by atoms with Gasteiger partial charge in [-0.2, -0.15) is 0 Å². The molecule has 31 heavy (non-hydrogen) atoms. The summed E-state index contributed by atoms with van der Waals surface area (Å²) >= 11 is 6.78.